The molecule has 4 rings (SSSR count). The Morgan fingerprint density at radius 1 is 1.35 bits per heavy atom. The number of hydrogen-bond donors (Lipinski definition) is 1. The maximum absolute atomic E-state index is 12.5. The minimum Gasteiger partial charge on any atom is -0.486 e. The average molecular weight is 456 g/mol. The van der Waals surface area contributed by atoms with Crippen LogP contribution in [0.5, 0.6) is 5.75 Å². The Kier molecular flexibility index (Phi) is 6.84. The lowest BCUT2D eigenvalue weighted by Gasteiger charge is -2.25. The number of amides is 1. The predicted octanol–water partition coefficient (Wildman–Crippen LogP) is 2.94. The van der Waals surface area contributed by atoms with Crippen molar-refractivity contribution in [1.29, 1.82) is 0 Å². The molecule has 164 valence electrons. The van der Waals surface area contributed by atoms with Gasteiger partial charge < -0.3 is 19.3 Å². The van der Waals surface area contributed by atoms with Crippen LogP contribution >= 0.6 is 11.3 Å². The number of aromatic nitrogens is 3. The van der Waals surface area contributed by atoms with Gasteiger partial charge in [-0.25, -0.2) is 9.78 Å². The largest absolute Gasteiger partial charge is 0.490 e. The number of aliphatic carboxylic acids is 1. The zero-order valence-electron chi connectivity index (χ0n) is 15.7. The number of rotatable bonds is 4. The van der Waals surface area contributed by atoms with Gasteiger partial charge in [0.1, 0.15) is 29.5 Å². The molecule has 1 amide bonds. The summed E-state index contributed by atoms with van der Waals surface area (Å²) in [5, 5.41) is 13.0. The molecule has 0 aliphatic carbocycles. The Balaban J connectivity index is 0.000000339. The number of pyridine rings is 1. The van der Waals surface area contributed by atoms with E-state index in [1.54, 1.807) is 28.2 Å². The van der Waals surface area contributed by atoms with Crippen molar-refractivity contribution in [3.63, 3.8) is 0 Å². The molecule has 0 radical (unpaired) electrons. The first kappa shape index (κ1) is 22.2. The van der Waals surface area contributed by atoms with Gasteiger partial charge in [-0.3, -0.25) is 9.78 Å². The minimum absolute atomic E-state index is 0.0674. The molecule has 1 aliphatic heterocycles. The van der Waals surface area contributed by atoms with Crippen molar-refractivity contribution in [3.8, 4) is 5.75 Å². The molecule has 0 saturated heterocycles. The number of carbonyl (C=O) groups excluding carboxylic acids is 1. The van der Waals surface area contributed by atoms with E-state index in [2.05, 4.69) is 15.1 Å². The topological polar surface area (TPSA) is 119 Å². The fourth-order valence-corrected chi connectivity index (χ4v) is 3.14. The second-order valence-corrected chi connectivity index (χ2v) is 6.88. The quantitative estimate of drug-likeness (QED) is 0.637. The maximum Gasteiger partial charge on any atom is 0.490 e. The lowest BCUT2D eigenvalue weighted by atomic mass is 10.1. The van der Waals surface area contributed by atoms with E-state index in [1.165, 1.54) is 11.3 Å². The summed E-state index contributed by atoms with van der Waals surface area (Å²) in [6.07, 6.45) is -1.11. The molecule has 31 heavy (non-hydrogen) atoms. The molecular weight excluding hydrogens is 441 g/mol. The summed E-state index contributed by atoms with van der Waals surface area (Å²) in [7, 11) is 0. The van der Waals surface area contributed by atoms with Crippen LogP contribution < -0.4 is 4.74 Å². The van der Waals surface area contributed by atoms with E-state index in [1.807, 2.05) is 12.1 Å². The van der Waals surface area contributed by atoms with E-state index in [0.29, 0.717) is 36.6 Å². The third kappa shape index (κ3) is 5.78. The molecule has 4 heterocycles. The highest BCUT2D eigenvalue weighted by molar-refractivity contribution is 7.07. The van der Waals surface area contributed by atoms with E-state index in [-0.39, 0.29) is 12.5 Å². The van der Waals surface area contributed by atoms with Gasteiger partial charge in [-0.1, -0.05) is 5.16 Å². The number of carboxylic acid groups (broad SMARTS) is 1. The van der Waals surface area contributed by atoms with Gasteiger partial charge in [0.25, 0.3) is 5.91 Å². The van der Waals surface area contributed by atoms with E-state index in [4.69, 9.17) is 19.2 Å². The van der Waals surface area contributed by atoms with Gasteiger partial charge in [-0.05, 0) is 12.1 Å². The lowest BCUT2D eigenvalue weighted by molar-refractivity contribution is -0.192. The van der Waals surface area contributed by atoms with Gasteiger partial charge in [-0.2, -0.15) is 13.2 Å². The molecule has 0 unspecified atom stereocenters. The Morgan fingerprint density at radius 3 is 2.74 bits per heavy atom. The molecule has 3 aromatic heterocycles. The van der Waals surface area contributed by atoms with E-state index in [0.717, 1.165) is 11.3 Å². The molecule has 1 N–H and O–H groups in total. The third-order valence-electron chi connectivity index (χ3n) is 4.10. The van der Waals surface area contributed by atoms with Crippen molar-refractivity contribution in [2.75, 3.05) is 6.54 Å². The van der Waals surface area contributed by atoms with Crippen LogP contribution in [0.15, 0.2) is 39.9 Å². The number of hydrogen-bond acceptors (Lipinski definition) is 8. The SMILES string of the molecule is O=C(O)C(F)(F)F.O=C(c1cscn1)N1CCc2onc(COc3cccnc3)c2C1. The smallest absolute Gasteiger partial charge is 0.486 e. The number of fused-ring (bicyclic) bond motifs is 1. The number of thiazole rings is 1. The first-order valence-electron chi connectivity index (χ1n) is 8.72. The van der Waals surface area contributed by atoms with Crippen LogP contribution in [-0.4, -0.2) is 49.7 Å². The third-order valence-corrected chi connectivity index (χ3v) is 4.69. The zero-order chi connectivity index (χ0) is 22.4. The molecular formula is C18H15F3N4O5S. The molecule has 9 nitrogen and oxygen atoms in total. The highest BCUT2D eigenvalue weighted by atomic mass is 32.1. The number of ether oxygens (including phenoxy) is 1. The summed E-state index contributed by atoms with van der Waals surface area (Å²) >= 11 is 1.41. The first-order chi connectivity index (χ1) is 14.8. The van der Waals surface area contributed by atoms with Gasteiger partial charge in [0.05, 0.1) is 18.3 Å². The van der Waals surface area contributed by atoms with Crippen LogP contribution in [0.25, 0.3) is 0 Å². The van der Waals surface area contributed by atoms with E-state index < -0.39 is 12.1 Å². The molecule has 0 aromatic carbocycles. The molecule has 13 heteroatoms. The Labute approximate surface area is 177 Å². The van der Waals surface area contributed by atoms with Gasteiger partial charge in [0.2, 0.25) is 0 Å². The average Bonchev–Trinajstić information content (AvgIpc) is 3.42. The first-order valence-corrected chi connectivity index (χ1v) is 9.66. The standard InChI is InChI=1S/C16H14N4O3S.C2HF3O2/c21-16(14-9-24-10-18-14)20-5-3-15-12(7-20)13(19-23-15)8-22-11-2-1-4-17-6-11;3-2(4,5)1(6)7/h1-2,4,6,9-10H,3,5,7-8H2;(H,6,7). The van der Waals surface area contributed by atoms with Gasteiger partial charge in [0, 0.05) is 30.1 Å². The van der Waals surface area contributed by atoms with Crippen LogP contribution in [0.1, 0.15) is 27.5 Å². The summed E-state index contributed by atoms with van der Waals surface area (Å²) in [4.78, 5) is 31.2. The number of halogens is 3. The van der Waals surface area contributed by atoms with E-state index >= 15 is 0 Å². The summed E-state index contributed by atoms with van der Waals surface area (Å²) < 4.78 is 42.8. The summed E-state index contributed by atoms with van der Waals surface area (Å²) in [5.41, 5.74) is 3.78. The minimum atomic E-state index is -5.08. The van der Waals surface area contributed by atoms with Crippen LogP contribution in [0.2, 0.25) is 0 Å². The lowest BCUT2D eigenvalue weighted by Crippen LogP contribution is -2.36. The number of carboxylic acids is 1. The molecule has 3 aromatic rings. The second kappa shape index (κ2) is 9.55. The van der Waals surface area contributed by atoms with Crippen LogP contribution in [0.4, 0.5) is 13.2 Å². The Bertz CT molecular complexity index is 1020. The van der Waals surface area contributed by atoms with Crippen molar-refractivity contribution in [1.82, 2.24) is 20.0 Å². The number of nitrogens with zero attached hydrogens (tertiary/aromatic N) is 4. The summed E-state index contributed by atoms with van der Waals surface area (Å²) in [6, 6.07) is 3.64. The van der Waals surface area contributed by atoms with Crippen molar-refractivity contribution >= 4 is 23.2 Å². The fourth-order valence-electron chi connectivity index (χ4n) is 2.61. The van der Waals surface area contributed by atoms with Gasteiger partial charge in [0.15, 0.2) is 0 Å². The Hall–Kier alpha value is -3.48. The number of alkyl halides is 3. The van der Waals surface area contributed by atoms with Crippen molar-refractivity contribution < 1.29 is 37.1 Å². The second-order valence-electron chi connectivity index (χ2n) is 6.16. The molecule has 0 spiro atoms. The highest BCUT2D eigenvalue weighted by Gasteiger charge is 2.38. The van der Waals surface area contributed by atoms with Crippen molar-refractivity contribution in [3.05, 3.63) is 58.1 Å². The fraction of sp³-hybridized carbons (Fsp3) is 0.278. The summed E-state index contributed by atoms with van der Waals surface area (Å²) in [6.45, 7) is 1.34. The maximum atomic E-state index is 12.5. The molecule has 0 bridgehead atoms. The van der Waals surface area contributed by atoms with E-state index in [9.17, 15) is 18.0 Å². The van der Waals surface area contributed by atoms with Crippen LogP contribution in [0.3, 0.4) is 0 Å². The normalized spacial score (nSPS) is 13.1. The molecule has 0 saturated carbocycles. The van der Waals surface area contributed by atoms with Gasteiger partial charge >= 0.3 is 12.1 Å². The van der Waals surface area contributed by atoms with Crippen molar-refractivity contribution in [2.24, 2.45) is 0 Å². The van der Waals surface area contributed by atoms with Crippen molar-refractivity contribution in [2.45, 2.75) is 25.7 Å². The van der Waals surface area contributed by atoms with Crippen LogP contribution in [-0.2, 0) is 24.4 Å². The molecule has 0 fully saturated rings. The molecule has 0 atom stereocenters. The highest BCUT2D eigenvalue weighted by Crippen LogP contribution is 2.24. The Morgan fingerprint density at radius 2 is 2.13 bits per heavy atom. The summed E-state index contributed by atoms with van der Waals surface area (Å²) in [5.74, 6) is -1.34. The predicted molar refractivity (Wildman–Crippen MR) is 99.3 cm³/mol. The number of carbonyl (C=O) groups is 2. The van der Waals surface area contributed by atoms with Gasteiger partial charge in [-0.15, -0.1) is 11.3 Å². The van der Waals surface area contributed by atoms with Crippen LogP contribution in [0, 0.1) is 0 Å². The zero-order valence-corrected chi connectivity index (χ0v) is 16.5. The monoisotopic (exact) mass is 456 g/mol. The molecule has 1 aliphatic rings.